The first-order valence-electron chi connectivity index (χ1n) is 3.87. The first-order chi connectivity index (χ1) is 6.07. The molecule has 0 aliphatic rings. The molecule has 0 bridgehead atoms. The molecule has 1 atom stereocenters. The summed E-state index contributed by atoms with van der Waals surface area (Å²) < 4.78 is 25.2. The maximum absolute atomic E-state index is 13.1. The van der Waals surface area contributed by atoms with Crippen LogP contribution < -0.4 is 5.73 Å². The number of alkyl halides is 1. The summed E-state index contributed by atoms with van der Waals surface area (Å²) in [5.41, 5.74) is 5.63. The van der Waals surface area contributed by atoms with E-state index in [9.17, 15) is 13.9 Å². The molecule has 0 unspecified atom stereocenters. The lowest BCUT2D eigenvalue weighted by Gasteiger charge is -2.12. The summed E-state index contributed by atoms with van der Waals surface area (Å²) in [6.45, 7) is 0.706. The molecule has 0 aliphatic carbocycles. The molecule has 0 amide bonds. The number of aromatic hydroxyl groups is 1. The first-order valence-corrected chi connectivity index (χ1v) is 3.87. The number of benzene rings is 1. The molecule has 1 aromatic rings. The van der Waals surface area contributed by atoms with Gasteiger partial charge in [0.2, 0.25) is 0 Å². The second-order valence-electron chi connectivity index (χ2n) is 2.89. The fraction of sp³-hybridized carbons (Fsp3) is 0.333. The minimum absolute atomic E-state index is 0.150. The summed E-state index contributed by atoms with van der Waals surface area (Å²) in [5, 5.41) is 9.39. The molecule has 2 nitrogen and oxygen atoms in total. The van der Waals surface area contributed by atoms with Gasteiger partial charge in [-0.05, 0) is 18.6 Å². The summed E-state index contributed by atoms with van der Waals surface area (Å²) in [4.78, 5) is 0. The van der Waals surface area contributed by atoms with Gasteiger partial charge in [0, 0.05) is 5.56 Å². The third-order valence-electron chi connectivity index (χ3n) is 1.90. The molecule has 72 valence electrons. The van der Waals surface area contributed by atoms with E-state index in [0.29, 0.717) is 5.56 Å². The number of rotatable bonds is 2. The van der Waals surface area contributed by atoms with Gasteiger partial charge in [-0.2, -0.15) is 0 Å². The SMILES string of the molecule is Cc1ccc(F)c([C@H](N)CF)c1O. The highest BCUT2D eigenvalue weighted by Crippen LogP contribution is 2.29. The molecule has 0 fully saturated rings. The zero-order valence-electron chi connectivity index (χ0n) is 7.22. The third kappa shape index (κ3) is 1.78. The maximum Gasteiger partial charge on any atom is 0.131 e. The normalized spacial score (nSPS) is 12.9. The standard InChI is InChI=1S/C9H11F2NO/c1-5-2-3-6(11)8(9(5)13)7(12)4-10/h2-3,7,13H,4,12H2,1H3/t7-/m1/s1. The average Bonchev–Trinajstić information content (AvgIpc) is 2.12. The van der Waals surface area contributed by atoms with Crippen molar-refractivity contribution in [2.24, 2.45) is 5.73 Å². The highest BCUT2D eigenvalue weighted by atomic mass is 19.1. The summed E-state index contributed by atoms with van der Waals surface area (Å²) in [6.07, 6.45) is 0. The molecule has 0 aliphatic heterocycles. The molecule has 13 heavy (non-hydrogen) atoms. The van der Waals surface area contributed by atoms with Crippen molar-refractivity contribution >= 4 is 0 Å². The lowest BCUT2D eigenvalue weighted by molar-refractivity contribution is 0.400. The van der Waals surface area contributed by atoms with Crippen molar-refractivity contribution in [3.05, 3.63) is 29.1 Å². The Morgan fingerprint density at radius 2 is 2.15 bits per heavy atom. The Morgan fingerprint density at radius 1 is 1.54 bits per heavy atom. The van der Waals surface area contributed by atoms with Gasteiger partial charge in [0.1, 0.15) is 18.2 Å². The second-order valence-corrected chi connectivity index (χ2v) is 2.89. The van der Waals surface area contributed by atoms with Gasteiger partial charge in [-0.3, -0.25) is 0 Å². The predicted molar refractivity (Wildman–Crippen MR) is 45.7 cm³/mol. The largest absolute Gasteiger partial charge is 0.507 e. The number of nitrogens with two attached hydrogens (primary N) is 1. The van der Waals surface area contributed by atoms with E-state index in [4.69, 9.17) is 5.73 Å². The lowest BCUT2D eigenvalue weighted by atomic mass is 10.0. The molecular formula is C9H11F2NO. The minimum Gasteiger partial charge on any atom is -0.507 e. The van der Waals surface area contributed by atoms with Crippen molar-refractivity contribution in [2.75, 3.05) is 6.67 Å². The third-order valence-corrected chi connectivity index (χ3v) is 1.90. The van der Waals surface area contributed by atoms with Gasteiger partial charge >= 0.3 is 0 Å². The smallest absolute Gasteiger partial charge is 0.131 e. The van der Waals surface area contributed by atoms with Crippen LogP contribution in [0.15, 0.2) is 12.1 Å². The van der Waals surface area contributed by atoms with E-state index >= 15 is 0 Å². The molecule has 0 spiro atoms. The van der Waals surface area contributed by atoms with E-state index in [1.54, 1.807) is 6.92 Å². The Hall–Kier alpha value is -1.16. The zero-order valence-corrected chi connectivity index (χ0v) is 7.22. The number of hydrogen-bond acceptors (Lipinski definition) is 2. The fourth-order valence-electron chi connectivity index (χ4n) is 1.12. The molecular weight excluding hydrogens is 176 g/mol. The van der Waals surface area contributed by atoms with Crippen molar-refractivity contribution < 1.29 is 13.9 Å². The molecule has 0 aromatic heterocycles. The van der Waals surface area contributed by atoms with Gasteiger partial charge in [-0.15, -0.1) is 0 Å². The second kappa shape index (κ2) is 3.70. The van der Waals surface area contributed by atoms with E-state index < -0.39 is 18.5 Å². The fourth-order valence-corrected chi connectivity index (χ4v) is 1.12. The quantitative estimate of drug-likeness (QED) is 0.741. The van der Waals surface area contributed by atoms with Crippen LogP contribution in [0.25, 0.3) is 0 Å². The number of phenols is 1. The highest BCUT2D eigenvalue weighted by Gasteiger charge is 2.17. The van der Waals surface area contributed by atoms with Crippen LogP contribution >= 0.6 is 0 Å². The molecule has 1 aromatic carbocycles. The summed E-state index contributed by atoms with van der Waals surface area (Å²) in [7, 11) is 0. The van der Waals surface area contributed by atoms with Gasteiger partial charge in [0.15, 0.2) is 0 Å². The average molecular weight is 187 g/mol. The van der Waals surface area contributed by atoms with Crippen LogP contribution in [0.5, 0.6) is 5.75 Å². The van der Waals surface area contributed by atoms with E-state index in [1.165, 1.54) is 12.1 Å². The van der Waals surface area contributed by atoms with Gasteiger partial charge < -0.3 is 10.8 Å². The van der Waals surface area contributed by atoms with Crippen molar-refractivity contribution in [1.29, 1.82) is 0 Å². The maximum atomic E-state index is 13.1. The number of halogens is 2. The Labute approximate surface area is 75.0 Å². The van der Waals surface area contributed by atoms with Crippen LogP contribution in [-0.4, -0.2) is 11.8 Å². The van der Waals surface area contributed by atoms with E-state index in [-0.39, 0.29) is 11.3 Å². The Bertz CT molecular complexity index is 315. The van der Waals surface area contributed by atoms with Gasteiger partial charge in [-0.25, -0.2) is 8.78 Å². The molecule has 4 heteroatoms. The lowest BCUT2D eigenvalue weighted by Crippen LogP contribution is -2.14. The summed E-state index contributed by atoms with van der Waals surface area (Å²) in [6, 6.07) is 1.49. The van der Waals surface area contributed by atoms with Crippen LogP contribution in [0.2, 0.25) is 0 Å². The van der Waals surface area contributed by atoms with Crippen LogP contribution in [0, 0.1) is 12.7 Å². The number of hydrogen-bond donors (Lipinski definition) is 2. The number of aryl methyl sites for hydroxylation is 1. The van der Waals surface area contributed by atoms with Gasteiger partial charge in [0.05, 0.1) is 6.04 Å². The summed E-state index contributed by atoms with van der Waals surface area (Å²) in [5.74, 6) is -0.932. The first kappa shape index (κ1) is 9.92. The molecule has 3 N–H and O–H groups in total. The molecule has 0 heterocycles. The van der Waals surface area contributed by atoms with Crippen LogP contribution in [0.4, 0.5) is 8.78 Å². The minimum atomic E-state index is -1.10. The Kier molecular flexibility index (Phi) is 2.83. The van der Waals surface area contributed by atoms with Crippen molar-refractivity contribution in [1.82, 2.24) is 0 Å². The van der Waals surface area contributed by atoms with Gasteiger partial charge in [0.25, 0.3) is 0 Å². The van der Waals surface area contributed by atoms with Crippen molar-refractivity contribution in [2.45, 2.75) is 13.0 Å². The van der Waals surface area contributed by atoms with E-state index in [0.717, 1.165) is 0 Å². The summed E-state index contributed by atoms with van der Waals surface area (Å²) >= 11 is 0. The molecule has 0 saturated carbocycles. The highest BCUT2D eigenvalue weighted by molar-refractivity contribution is 5.42. The molecule has 1 rings (SSSR count). The molecule has 0 radical (unpaired) electrons. The predicted octanol–water partition coefficient (Wildman–Crippen LogP) is 1.81. The van der Waals surface area contributed by atoms with Crippen molar-refractivity contribution in [3.63, 3.8) is 0 Å². The van der Waals surface area contributed by atoms with Crippen LogP contribution in [0.3, 0.4) is 0 Å². The Morgan fingerprint density at radius 3 is 2.69 bits per heavy atom. The zero-order chi connectivity index (χ0) is 10.0. The Balaban J connectivity index is 3.25. The topological polar surface area (TPSA) is 46.2 Å². The van der Waals surface area contributed by atoms with Crippen LogP contribution in [0.1, 0.15) is 17.2 Å². The molecule has 0 saturated heterocycles. The van der Waals surface area contributed by atoms with E-state index in [1.807, 2.05) is 0 Å². The van der Waals surface area contributed by atoms with Crippen molar-refractivity contribution in [3.8, 4) is 5.75 Å². The van der Waals surface area contributed by atoms with E-state index in [2.05, 4.69) is 0 Å². The monoisotopic (exact) mass is 187 g/mol. The number of phenolic OH excluding ortho intramolecular Hbond substituents is 1. The van der Waals surface area contributed by atoms with Crippen LogP contribution in [-0.2, 0) is 0 Å². The van der Waals surface area contributed by atoms with Gasteiger partial charge in [-0.1, -0.05) is 6.07 Å².